The number of nitrogens with zero attached hydrogens (tertiary/aromatic N) is 2. The summed E-state index contributed by atoms with van der Waals surface area (Å²) in [5, 5.41) is 0. The van der Waals surface area contributed by atoms with Crippen molar-refractivity contribution in [1.29, 1.82) is 0 Å². The van der Waals surface area contributed by atoms with Crippen molar-refractivity contribution in [1.82, 2.24) is 4.98 Å². The van der Waals surface area contributed by atoms with Crippen LogP contribution in [0.25, 0.3) is 0 Å². The lowest BCUT2D eigenvalue weighted by Gasteiger charge is -2.37. The third-order valence-corrected chi connectivity index (χ3v) is 3.39. The summed E-state index contributed by atoms with van der Waals surface area (Å²) in [6.07, 6.45) is 6.67. The molecule has 4 heteroatoms. The van der Waals surface area contributed by atoms with E-state index < -0.39 is 0 Å². The first-order valence-electron chi connectivity index (χ1n) is 6.32. The molecule has 17 heavy (non-hydrogen) atoms. The standard InChI is InChI=1S/C13H21N3O/c1-17-13-10-12(6-8-15-13)16-9-3-2-4-11(16)5-7-14/h6,8,10-11H,2-5,7,9,14H2,1H3. The van der Waals surface area contributed by atoms with Gasteiger partial charge in [-0.15, -0.1) is 0 Å². The molecule has 1 saturated heterocycles. The topological polar surface area (TPSA) is 51.4 Å². The van der Waals surface area contributed by atoms with Gasteiger partial charge in [0.2, 0.25) is 5.88 Å². The van der Waals surface area contributed by atoms with Crippen LogP contribution in [0, 0.1) is 0 Å². The van der Waals surface area contributed by atoms with Gasteiger partial charge in [0, 0.05) is 30.5 Å². The van der Waals surface area contributed by atoms with E-state index in [4.69, 9.17) is 10.5 Å². The molecule has 1 aromatic rings. The molecule has 0 saturated carbocycles. The molecule has 0 bridgehead atoms. The first-order chi connectivity index (χ1) is 8.35. The number of pyridine rings is 1. The van der Waals surface area contributed by atoms with Gasteiger partial charge in [0.1, 0.15) is 0 Å². The summed E-state index contributed by atoms with van der Waals surface area (Å²) in [5.41, 5.74) is 6.90. The first-order valence-corrected chi connectivity index (χ1v) is 6.32. The largest absolute Gasteiger partial charge is 0.481 e. The second kappa shape index (κ2) is 5.87. The molecular formula is C13H21N3O. The van der Waals surface area contributed by atoms with E-state index >= 15 is 0 Å². The van der Waals surface area contributed by atoms with E-state index in [2.05, 4.69) is 16.0 Å². The van der Waals surface area contributed by atoms with Crippen molar-refractivity contribution in [2.45, 2.75) is 31.7 Å². The summed E-state index contributed by atoms with van der Waals surface area (Å²) in [6.45, 7) is 1.86. The van der Waals surface area contributed by atoms with Gasteiger partial charge in [-0.3, -0.25) is 0 Å². The third-order valence-electron chi connectivity index (χ3n) is 3.39. The fraction of sp³-hybridized carbons (Fsp3) is 0.615. The molecule has 4 nitrogen and oxygen atoms in total. The van der Waals surface area contributed by atoms with Crippen molar-refractivity contribution in [3.63, 3.8) is 0 Å². The molecule has 0 radical (unpaired) electrons. The average Bonchev–Trinajstić information content (AvgIpc) is 2.40. The van der Waals surface area contributed by atoms with Crippen molar-refractivity contribution in [2.75, 3.05) is 25.1 Å². The monoisotopic (exact) mass is 235 g/mol. The Labute approximate surface area is 103 Å². The zero-order valence-corrected chi connectivity index (χ0v) is 10.4. The molecule has 0 spiro atoms. The Kier molecular flexibility index (Phi) is 4.20. The Bertz CT molecular complexity index is 354. The quantitative estimate of drug-likeness (QED) is 0.864. The third kappa shape index (κ3) is 2.88. The van der Waals surface area contributed by atoms with Gasteiger partial charge < -0.3 is 15.4 Å². The molecule has 1 aliphatic heterocycles. The highest BCUT2D eigenvalue weighted by Crippen LogP contribution is 2.27. The van der Waals surface area contributed by atoms with Crippen molar-refractivity contribution in [3.05, 3.63) is 18.3 Å². The van der Waals surface area contributed by atoms with Crippen molar-refractivity contribution in [3.8, 4) is 5.88 Å². The fourth-order valence-corrected chi connectivity index (χ4v) is 2.52. The van der Waals surface area contributed by atoms with Crippen LogP contribution in [-0.4, -0.2) is 31.2 Å². The Balaban J connectivity index is 2.16. The van der Waals surface area contributed by atoms with Crippen LogP contribution in [0.4, 0.5) is 5.69 Å². The number of aromatic nitrogens is 1. The highest BCUT2D eigenvalue weighted by atomic mass is 16.5. The lowest BCUT2D eigenvalue weighted by atomic mass is 9.99. The summed E-state index contributed by atoms with van der Waals surface area (Å²) in [4.78, 5) is 6.60. The van der Waals surface area contributed by atoms with Crippen LogP contribution in [-0.2, 0) is 0 Å². The molecule has 94 valence electrons. The van der Waals surface area contributed by atoms with Gasteiger partial charge in [-0.05, 0) is 38.3 Å². The lowest BCUT2D eigenvalue weighted by molar-refractivity contribution is 0.396. The van der Waals surface area contributed by atoms with Crippen LogP contribution in [0.2, 0.25) is 0 Å². The van der Waals surface area contributed by atoms with Gasteiger partial charge in [0.25, 0.3) is 0 Å². The minimum Gasteiger partial charge on any atom is -0.481 e. The maximum atomic E-state index is 5.69. The van der Waals surface area contributed by atoms with Crippen LogP contribution in [0.1, 0.15) is 25.7 Å². The van der Waals surface area contributed by atoms with Gasteiger partial charge in [-0.1, -0.05) is 0 Å². The Morgan fingerprint density at radius 1 is 1.53 bits per heavy atom. The summed E-state index contributed by atoms with van der Waals surface area (Å²) in [5.74, 6) is 0.680. The van der Waals surface area contributed by atoms with Crippen molar-refractivity contribution in [2.24, 2.45) is 5.73 Å². The predicted octanol–water partition coefficient (Wildman–Crippen LogP) is 1.80. The van der Waals surface area contributed by atoms with Crippen molar-refractivity contribution >= 4 is 5.69 Å². The van der Waals surface area contributed by atoms with E-state index in [-0.39, 0.29) is 0 Å². The number of anilines is 1. The smallest absolute Gasteiger partial charge is 0.214 e. The van der Waals surface area contributed by atoms with E-state index in [1.54, 1.807) is 7.11 Å². The Morgan fingerprint density at radius 3 is 3.18 bits per heavy atom. The molecule has 0 aromatic carbocycles. The number of piperidine rings is 1. The molecule has 2 N–H and O–H groups in total. The van der Waals surface area contributed by atoms with E-state index in [0.717, 1.165) is 19.5 Å². The first kappa shape index (κ1) is 12.2. The molecule has 2 rings (SSSR count). The molecule has 0 aliphatic carbocycles. The molecule has 0 amide bonds. The minimum atomic E-state index is 0.570. The highest BCUT2D eigenvalue weighted by Gasteiger charge is 2.22. The van der Waals surface area contributed by atoms with Crippen molar-refractivity contribution < 1.29 is 4.74 Å². The number of nitrogens with two attached hydrogens (primary N) is 1. The average molecular weight is 235 g/mol. The summed E-state index contributed by atoms with van der Waals surface area (Å²) >= 11 is 0. The number of hydrogen-bond donors (Lipinski definition) is 1. The number of rotatable bonds is 4. The molecule has 1 aromatic heterocycles. The molecule has 2 heterocycles. The van der Waals surface area contributed by atoms with E-state index in [0.29, 0.717) is 11.9 Å². The zero-order chi connectivity index (χ0) is 12.1. The molecule has 1 unspecified atom stereocenters. The SMILES string of the molecule is COc1cc(N2CCCCC2CCN)ccn1. The minimum absolute atomic E-state index is 0.570. The van der Waals surface area contributed by atoms with Gasteiger partial charge in [0.15, 0.2) is 0 Å². The van der Waals surface area contributed by atoms with E-state index in [1.165, 1.54) is 24.9 Å². The van der Waals surface area contributed by atoms with Crippen LogP contribution >= 0.6 is 0 Å². The number of ether oxygens (including phenoxy) is 1. The van der Waals surface area contributed by atoms with E-state index in [1.807, 2.05) is 12.3 Å². The maximum absolute atomic E-state index is 5.69. The summed E-state index contributed by atoms with van der Waals surface area (Å²) in [7, 11) is 1.65. The number of hydrogen-bond acceptors (Lipinski definition) is 4. The van der Waals surface area contributed by atoms with Crippen LogP contribution in [0.15, 0.2) is 18.3 Å². The van der Waals surface area contributed by atoms with Gasteiger partial charge in [-0.25, -0.2) is 4.98 Å². The van der Waals surface area contributed by atoms with E-state index in [9.17, 15) is 0 Å². The Hall–Kier alpha value is -1.29. The molecule has 1 aliphatic rings. The highest BCUT2D eigenvalue weighted by molar-refractivity contribution is 5.49. The zero-order valence-electron chi connectivity index (χ0n) is 10.4. The second-order valence-corrected chi connectivity index (χ2v) is 4.48. The molecule has 1 fully saturated rings. The van der Waals surface area contributed by atoms with Gasteiger partial charge in [0.05, 0.1) is 7.11 Å². The summed E-state index contributed by atoms with van der Waals surface area (Å²) < 4.78 is 5.18. The predicted molar refractivity (Wildman–Crippen MR) is 69.4 cm³/mol. The maximum Gasteiger partial charge on any atom is 0.214 e. The van der Waals surface area contributed by atoms with Gasteiger partial charge in [-0.2, -0.15) is 0 Å². The fourth-order valence-electron chi connectivity index (χ4n) is 2.52. The van der Waals surface area contributed by atoms with Crippen LogP contribution in [0.5, 0.6) is 5.88 Å². The normalized spacial score (nSPS) is 20.4. The molecule has 1 atom stereocenters. The van der Waals surface area contributed by atoms with Gasteiger partial charge >= 0.3 is 0 Å². The summed E-state index contributed by atoms with van der Waals surface area (Å²) in [6, 6.07) is 4.63. The Morgan fingerprint density at radius 2 is 2.41 bits per heavy atom. The van der Waals surface area contributed by atoms with Crippen LogP contribution in [0.3, 0.4) is 0 Å². The number of methoxy groups -OCH3 is 1. The lowest BCUT2D eigenvalue weighted by Crippen LogP contribution is -2.40. The second-order valence-electron chi connectivity index (χ2n) is 4.48. The molecular weight excluding hydrogens is 214 g/mol. The van der Waals surface area contributed by atoms with Crippen LogP contribution < -0.4 is 15.4 Å².